The minimum absolute atomic E-state index is 0.0845. The number of hydrogen-bond acceptors (Lipinski definition) is 3. The Hall–Kier alpha value is -0.200. The maximum atomic E-state index is 12.1. The lowest BCUT2D eigenvalue weighted by molar-refractivity contribution is 0.402. The summed E-state index contributed by atoms with van der Waals surface area (Å²) in [5.41, 5.74) is 5.51. The highest BCUT2D eigenvalue weighted by molar-refractivity contribution is 7.89. The summed E-state index contributed by atoms with van der Waals surface area (Å²) in [4.78, 5) is 0.363. The van der Waals surface area contributed by atoms with Gasteiger partial charge in [-0.1, -0.05) is 39.9 Å². The minimum atomic E-state index is -3.18. The first kappa shape index (κ1) is 16.8. The zero-order valence-corrected chi connectivity index (χ0v) is 12.8. The lowest BCUT2D eigenvalue weighted by atomic mass is 10.2. The van der Waals surface area contributed by atoms with Gasteiger partial charge in [-0.2, -0.15) is 0 Å². The van der Waals surface area contributed by atoms with Crippen molar-refractivity contribution in [2.75, 3.05) is 18.8 Å². The number of hydrogen-bond donors (Lipinski definition) is 1. The maximum absolute atomic E-state index is 12.1. The van der Waals surface area contributed by atoms with Gasteiger partial charge in [0.05, 0.1) is 10.7 Å². The smallest absolute Gasteiger partial charge is 0.214 e. The van der Waals surface area contributed by atoms with Crippen LogP contribution in [-0.2, 0) is 10.0 Å². The number of sulfonamides is 1. The SMILES string of the molecule is CCN(CC(C)C(N)=S)S(=O)(=O)CCC(C)C. The summed E-state index contributed by atoms with van der Waals surface area (Å²) in [6.07, 6.45) is 0.681. The molecular weight excluding hydrogens is 256 g/mol. The number of nitrogens with zero attached hydrogens (tertiary/aromatic N) is 1. The van der Waals surface area contributed by atoms with E-state index < -0.39 is 10.0 Å². The van der Waals surface area contributed by atoms with Gasteiger partial charge in [-0.05, 0) is 12.3 Å². The van der Waals surface area contributed by atoms with Gasteiger partial charge in [-0.3, -0.25) is 0 Å². The summed E-state index contributed by atoms with van der Waals surface area (Å²) < 4.78 is 25.6. The van der Waals surface area contributed by atoms with E-state index in [1.54, 1.807) is 0 Å². The second-order valence-corrected chi connectivity index (χ2v) is 7.31. The van der Waals surface area contributed by atoms with Crippen molar-refractivity contribution in [1.82, 2.24) is 4.31 Å². The lowest BCUT2D eigenvalue weighted by Crippen LogP contribution is -2.39. The van der Waals surface area contributed by atoms with E-state index in [1.807, 2.05) is 27.7 Å². The molecule has 0 aliphatic carbocycles. The van der Waals surface area contributed by atoms with Gasteiger partial charge in [0.1, 0.15) is 0 Å². The number of nitrogens with two attached hydrogens (primary N) is 1. The summed E-state index contributed by atoms with van der Waals surface area (Å²) >= 11 is 4.87. The van der Waals surface area contributed by atoms with E-state index in [0.29, 0.717) is 30.4 Å². The van der Waals surface area contributed by atoms with E-state index in [1.165, 1.54) is 4.31 Å². The Labute approximate surface area is 111 Å². The molecule has 6 heteroatoms. The predicted octanol–water partition coefficient (Wildman–Crippen LogP) is 1.61. The van der Waals surface area contributed by atoms with Gasteiger partial charge in [0.15, 0.2) is 0 Å². The van der Waals surface area contributed by atoms with E-state index >= 15 is 0 Å². The Bertz CT molecular complexity index is 339. The van der Waals surface area contributed by atoms with Crippen LogP contribution in [0.1, 0.15) is 34.1 Å². The van der Waals surface area contributed by atoms with Crippen molar-refractivity contribution in [3.8, 4) is 0 Å². The van der Waals surface area contributed by atoms with E-state index in [4.69, 9.17) is 18.0 Å². The molecule has 0 saturated heterocycles. The molecular formula is C11H24N2O2S2. The molecule has 1 atom stereocenters. The molecule has 2 N–H and O–H groups in total. The summed E-state index contributed by atoms with van der Waals surface area (Å²) in [6.45, 7) is 8.56. The van der Waals surface area contributed by atoms with Crippen LogP contribution in [0.15, 0.2) is 0 Å². The van der Waals surface area contributed by atoms with E-state index in [2.05, 4.69) is 0 Å². The standard InChI is InChI=1S/C11H24N2O2S2/c1-5-13(8-10(4)11(12)16)17(14,15)7-6-9(2)3/h9-10H,5-8H2,1-4H3,(H2,12,16). The molecule has 0 aliphatic heterocycles. The van der Waals surface area contributed by atoms with Gasteiger partial charge in [-0.25, -0.2) is 12.7 Å². The highest BCUT2D eigenvalue weighted by Gasteiger charge is 2.23. The van der Waals surface area contributed by atoms with Crippen LogP contribution in [0.2, 0.25) is 0 Å². The van der Waals surface area contributed by atoms with Crippen LogP contribution < -0.4 is 5.73 Å². The molecule has 0 aromatic heterocycles. The molecule has 0 heterocycles. The number of thiocarbonyl (C=S) groups is 1. The first-order chi connectivity index (χ1) is 7.70. The predicted molar refractivity (Wildman–Crippen MR) is 76.4 cm³/mol. The molecule has 0 aromatic carbocycles. The van der Waals surface area contributed by atoms with Crippen LogP contribution in [0.25, 0.3) is 0 Å². The molecule has 0 aliphatic rings. The van der Waals surface area contributed by atoms with Crippen molar-refractivity contribution in [3.63, 3.8) is 0 Å². The van der Waals surface area contributed by atoms with Crippen LogP contribution >= 0.6 is 12.2 Å². The zero-order chi connectivity index (χ0) is 13.6. The lowest BCUT2D eigenvalue weighted by Gasteiger charge is -2.23. The van der Waals surface area contributed by atoms with Gasteiger partial charge in [0.2, 0.25) is 10.0 Å². The first-order valence-electron chi connectivity index (χ1n) is 5.97. The molecule has 0 fully saturated rings. The number of rotatable bonds is 8. The minimum Gasteiger partial charge on any atom is -0.393 e. The fourth-order valence-corrected chi connectivity index (χ4v) is 3.29. The molecule has 0 amide bonds. The highest BCUT2D eigenvalue weighted by atomic mass is 32.2. The maximum Gasteiger partial charge on any atom is 0.214 e. The fraction of sp³-hybridized carbons (Fsp3) is 0.909. The molecule has 0 saturated carbocycles. The third-order valence-electron chi connectivity index (χ3n) is 2.66. The van der Waals surface area contributed by atoms with Gasteiger partial charge in [0.25, 0.3) is 0 Å². The molecule has 0 aromatic rings. The van der Waals surface area contributed by atoms with Crippen molar-refractivity contribution in [2.45, 2.75) is 34.1 Å². The third kappa shape index (κ3) is 6.33. The quantitative estimate of drug-likeness (QED) is 0.686. The summed E-state index contributed by atoms with van der Waals surface area (Å²) in [5, 5.41) is 0. The Morgan fingerprint density at radius 1 is 1.35 bits per heavy atom. The van der Waals surface area contributed by atoms with Gasteiger partial charge in [-0.15, -0.1) is 0 Å². The molecule has 0 bridgehead atoms. The normalized spacial score (nSPS) is 14.2. The molecule has 0 rings (SSSR count). The van der Waals surface area contributed by atoms with Gasteiger partial charge in [0, 0.05) is 19.0 Å². The van der Waals surface area contributed by atoms with Crippen LogP contribution in [-0.4, -0.2) is 36.6 Å². The molecule has 0 spiro atoms. The first-order valence-corrected chi connectivity index (χ1v) is 7.99. The van der Waals surface area contributed by atoms with Crippen molar-refractivity contribution in [2.24, 2.45) is 17.6 Å². The third-order valence-corrected chi connectivity index (χ3v) is 5.01. The topological polar surface area (TPSA) is 63.4 Å². The van der Waals surface area contributed by atoms with Gasteiger partial charge >= 0.3 is 0 Å². The molecule has 17 heavy (non-hydrogen) atoms. The second kappa shape index (κ2) is 7.28. The largest absolute Gasteiger partial charge is 0.393 e. The van der Waals surface area contributed by atoms with Crippen molar-refractivity contribution >= 4 is 27.2 Å². The van der Waals surface area contributed by atoms with E-state index in [0.717, 1.165) is 0 Å². The van der Waals surface area contributed by atoms with Crippen LogP contribution in [0.5, 0.6) is 0 Å². The Kier molecular flexibility index (Phi) is 7.20. The zero-order valence-electron chi connectivity index (χ0n) is 11.1. The van der Waals surface area contributed by atoms with E-state index in [9.17, 15) is 8.42 Å². The Morgan fingerprint density at radius 3 is 2.24 bits per heavy atom. The second-order valence-electron chi connectivity index (χ2n) is 4.75. The molecule has 0 radical (unpaired) electrons. The average molecular weight is 280 g/mol. The van der Waals surface area contributed by atoms with Crippen molar-refractivity contribution < 1.29 is 8.42 Å². The molecule has 4 nitrogen and oxygen atoms in total. The van der Waals surface area contributed by atoms with Crippen molar-refractivity contribution in [3.05, 3.63) is 0 Å². The van der Waals surface area contributed by atoms with Crippen LogP contribution in [0, 0.1) is 11.8 Å². The summed E-state index contributed by atoms with van der Waals surface area (Å²) in [6, 6.07) is 0. The summed E-state index contributed by atoms with van der Waals surface area (Å²) in [7, 11) is -3.18. The van der Waals surface area contributed by atoms with Crippen molar-refractivity contribution in [1.29, 1.82) is 0 Å². The van der Waals surface area contributed by atoms with Crippen LogP contribution in [0.4, 0.5) is 0 Å². The van der Waals surface area contributed by atoms with E-state index in [-0.39, 0.29) is 11.7 Å². The van der Waals surface area contributed by atoms with Crippen LogP contribution in [0.3, 0.4) is 0 Å². The molecule has 1 unspecified atom stereocenters. The Morgan fingerprint density at radius 2 is 1.88 bits per heavy atom. The molecule has 102 valence electrons. The monoisotopic (exact) mass is 280 g/mol. The average Bonchev–Trinajstić information content (AvgIpc) is 2.22. The fourth-order valence-electron chi connectivity index (χ4n) is 1.35. The summed E-state index contributed by atoms with van der Waals surface area (Å²) in [5.74, 6) is 0.498. The van der Waals surface area contributed by atoms with Gasteiger partial charge < -0.3 is 5.73 Å². The highest BCUT2D eigenvalue weighted by Crippen LogP contribution is 2.11. The Balaban J connectivity index is 4.58.